The summed E-state index contributed by atoms with van der Waals surface area (Å²) in [5.74, 6) is 5.54. The van der Waals surface area contributed by atoms with Gasteiger partial charge in [0.1, 0.15) is 0 Å². The van der Waals surface area contributed by atoms with Crippen LogP contribution in [0.2, 0.25) is 0 Å². The fraction of sp³-hybridized carbons (Fsp3) is 0.469. The molecule has 0 spiro atoms. The SMILES string of the molecule is CC1(C2CC[C@@H]3C(C2)C2=C(CCC=C2)C2CCC=CC23)C=CC2C3C=CC=CC3N(c3cc(-c4ccccc4)cc(C4C=CCCC4)c3)C2C1. The first-order valence-electron chi connectivity index (χ1n) is 20.4. The summed E-state index contributed by atoms with van der Waals surface area (Å²) in [4.78, 5) is 2.91. The van der Waals surface area contributed by atoms with Crippen LogP contribution in [0.5, 0.6) is 0 Å². The van der Waals surface area contributed by atoms with Crippen molar-refractivity contribution >= 4 is 5.69 Å². The molecule has 2 aromatic carbocycles. The Balaban J connectivity index is 1.01. The fourth-order valence-corrected chi connectivity index (χ4v) is 12.6. The summed E-state index contributed by atoms with van der Waals surface area (Å²) in [5, 5.41) is 0. The first kappa shape index (κ1) is 31.2. The number of fused-ring (bicyclic) bond motifs is 8. The van der Waals surface area contributed by atoms with Gasteiger partial charge in [-0.05, 0) is 140 Å². The molecule has 50 heavy (non-hydrogen) atoms. The first-order valence-corrected chi connectivity index (χ1v) is 20.4. The van der Waals surface area contributed by atoms with E-state index in [0.717, 1.165) is 29.6 Å². The van der Waals surface area contributed by atoms with Crippen molar-refractivity contribution in [3.8, 4) is 11.1 Å². The second-order valence-corrected chi connectivity index (χ2v) is 17.5. The van der Waals surface area contributed by atoms with E-state index >= 15 is 0 Å². The van der Waals surface area contributed by atoms with Gasteiger partial charge in [-0.25, -0.2) is 0 Å². The van der Waals surface area contributed by atoms with E-state index in [4.69, 9.17) is 0 Å². The maximum atomic E-state index is 2.91. The lowest BCUT2D eigenvalue weighted by atomic mass is 9.51. The van der Waals surface area contributed by atoms with Gasteiger partial charge in [-0.1, -0.05) is 122 Å². The average molecular weight is 658 g/mol. The van der Waals surface area contributed by atoms with Gasteiger partial charge in [0.05, 0.1) is 6.04 Å². The molecular weight excluding hydrogens is 603 g/mol. The predicted octanol–water partition coefficient (Wildman–Crippen LogP) is 12.3. The Bertz CT molecular complexity index is 1830. The molecule has 2 aromatic rings. The maximum absolute atomic E-state index is 2.91. The van der Waals surface area contributed by atoms with Crippen molar-refractivity contribution in [2.45, 2.75) is 95.6 Å². The number of hydrogen-bond acceptors (Lipinski definition) is 1. The minimum atomic E-state index is 0.218. The van der Waals surface area contributed by atoms with E-state index in [1.54, 1.807) is 5.57 Å². The Labute approximate surface area is 301 Å². The van der Waals surface area contributed by atoms with Crippen LogP contribution < -0.4 is 4.90 Å². The third-order valence-electron chi connectivity index (χ3n) is 15.0. The van der Waals surface area contributed by atoms with E-state index in [0.29, 0.717) is 29.8 Å². The van der Waals surface area contributed by atoms with Crippen LogP contribution in [0.25, 0.3) is 11.1 Å². The molecule has 256 valence electrons. The predicted molar refractivity (Wildman–Crippen MR) is 210 cm³/mol. The molecule has 1 saturated carbocycles. The topological polar surface area (TPSA) is 3.24 Å². The van der Waals surface area contributed by atoms with Crippen molar-refractivity contribution in [3.63, 3.8) is 0 Å². The van der Waals surface area contributed by atoms with Crippen LogP contribution in [-0.2, 0) is 0 Å². The maximum Gasteiger partial charge on any atom is 0.0548 e. The fourth-order valence-electron chi connectivity index (χ4n) is 12.6. The van der Waals surface area contributed by atoms with Gasteiger partial charge in [-0.3, -0.25) is 0 Å². The Morgan fingerprint density at radius 3 is 2.52 bits per heavy atom. The molecule has 10 rings (SSSR count). The Hall–Kier alpha value is -3.58. The van der Waals surface area contributed by atoms with Gasteiger partial charge in [0.15, 0.2) is 0 Å². The molecule has 1 heteroatoms. The van der Waals surface area contributed by atoms with Gasteiger partial charge in [-0.15, -0.1) is 0 Å². The standard InChI is InChI=1S/C49H55N/c1-49(37-24-25-43-41-20-9-8-18-39(41)40-19-10-11-21-42(40)46(43)31-37)27-26-45-44-22-12-13-23-47(44)50(48(45)32-49)38-29-35(33-14-4-2-5-15-33)28-36(30-38)34-16-6-3-7-17-34/h2,4-6,9,11-16,20-23,26-30,34,37,39,41,43-48H,3,7-8,10,17-19,24-25,31-32H2,1H3/t34?,37?,39?,41?,43-,44?,45?,46?,47?,48?,49?/m0/s1. The third kappa shape index (κ3) is 5.16. The van der Waals surface area contributed by atoms with Gasteiger partial charge >= 0.3 is 0 Å². The van der Waals surface area contributed by atoms with Crippen molar-refractivity contribution < 1.29 is 0 Å². The monoisotopic (exact) mass is 657 g/mol. The van der Waals surface area contributed by atoms with E-state index in [-0.39, 0.29) is 5.41 Å². The van der Waals surface area contributed by atoms with Gasteiger partial charge in [0, 0.05) is 29.5 Å². The molecule has 2 fully saturated rings. The summed E-state index contributed by atoms with van der Waals surface area (Å²) in [7, 11) is 0. The van der Waals surface area contributed by atoms with Gasteiger partial charge < -0.3 is 4.90 Å². The van der Waals surface area contributed by atoms with Crippen molar-refractivity contribution in [2.24, 2.45) is 46.8 Å². The van der Waals surface area contributed by atoms with Crippen LogP contribution in [0.4, 0.5) is 5.69 Å². The summed E-state index contributed by atoms with van der Waals surface area (Å²) in [6.07, 6.45) is 44.8. The number of hydrogen-bond donors (Lipinski definition) is 0. The van der Waals surface area contributed by atoms with Crippen LogP contribution in [0.1, 0.15) is 89.0 Å². The molecule has 0 aromatic heterocycles. The van der Waals surface area contributed by atoms with Crippen LogP contribution in [0.3, 0.4) is 0 Å². The summed E-state index contributed by atoms with van der Waals surface area (Å²) in [6, 6.07) is 19.7. The second kappa shape index (κ2) is 12.6. The number of benzene rings is 2. The lowest BCUT2D eigenvalue weighted by molar-refractivity contribution is 0.0629. The highest BCUT2D eigenvalue weighted by molar-refractivity contribution is 5.72. The highest BCUT2D eigenvalue weighted by Gasteiger charge is 2.54. The molecule has 1 nitrogen and oxygen atoms in total. The average Bonchev–Trinajstić information content (AvgIpc) is 3.51. The molecule has 1 heterocycles. The van der Waals surface area contributed by atoms with E-state index in [2.05, 4.69) is 133 Å². The van der Waals surface area contributed by atoms with Gasteiger partial charge in [-0.2, -0.15) is 0 Å². The van der Waals surface area contributed by atoms with Crippen molar-refractivity contribution in [1.82, 2.24) is 0 Å². The van der Waals surface area contributed by atoms with Crippen LogP contribution >= 0.6 is 0 Å². The zero-order valence-corrected chi connectivity index (χ0v) is 30.0. The molecule has 1 aliphatic heterocycles. The Morgan fingerprint density at radius 1 is 0.720 bits per heavy atom. The normalized spacial score (nSPS) is 39.5. The lowest BCUT2D eigenvalue weighted by Crippen LogP contribution is -2.47. The Morgan fingerprint density at radius 2 is 1.62 bits per heavy atom. The smallest absolute Gasteiger partial charge is 0.0548 e. The second-order valence-electron chi connectivity index (χ2n) is 17.5. The lowest BCUT2D eigenvalue weighted by Gasteiger charge is -2.53. The van der Waals surface area contributed by atoms with Crippen LogP contribution in [0, 0.1) is 46.8 Å². The zero-order valence-electron chi connectivity index (χ0n) is 30.0. The van der Waals surface area contributed by atoms with E-state index in [9.17, 15) is 0 Å². The molecule has 8 aliphatic rings. The van der Waals surface area contributed by atoms with Gasteiger partial charge in [0.2, 0.25) is 0 Å². The largest absolute Gasteiger partial charge is 0.361 e. The number of allylic oxidation sites excluding steroid dienone is 11. The Kier molecular flexibility index (Phi) is 7.84. The molecule has 11 atom stereocenters. The summed E-state index contributed by atoms with van der Waals surface area (Å²) < 4.78 is 0. The number of anilines is 1. The number of nitrogens with zero attached hydrogens (tertiary/aromatic N) is 1. The highest BCUT2D eigenvalue weighted by atomic mass is 15.2. The van der Waals surface area contributed by atoms with Crippen molar-refractivity contribution in [2.75, 3.05) is 4.90 Å². The molecule has 1 saturated heterocycles. The zero-order chi connectivity index (χ0) is 33.2. The van der Waals surface area contributed by atoms with E-state index in [1.807, 2.05) is 5.57 Å². The summed E-state index contributed by atoms with van der Waals surface area (Å²) in [6.45, 7) is 2.66. The molecule has 10 unspecified atom stereocenters. The minimum absolute atomic E-state index is 0.218. The third-order valence-corrected chi connectivity index (χ3v) is 15.0. The van der Waals surface area contributed by atoms with Crippen LogP contribution in [-0.4, -0.2) is 12.1 Å². The summed E-state index contributed by atoms with van der Waals surface area (Å²) in [5.41, 5.74) is 9.51. The quantitative estimate of drug-likeness (QED) is 0.296. The summed E-state index contributed by atoms with van der Waals surface area (Å²) >= 11 is 0. The van der Waals surface area contributed by atoms with Crippen molar-refractivity contribution in [1.29, 1.82) is 0 Å². The highest BCUT2D eigenvalue weighted by Crippen LogP contribution is 2.60. The number of rotatable bonds is 4. The van der Waals surface area contributed by atoms with E-state index < -0.39 is 0 Å². The molecule has 0 N–H and O–H groups in total. The first-order chi connectivity index (χ1) is 24.6. The molecule has 0 bridgehead atoms. The van der Waals surface area contributed by atoms with Crippen LogP contribution in [0.15, 0.2) is 133 Å². The minimum Gasteiger partial charge on any atom is -0.361 e. The molecular formula is C49H55N. The molecule has 7 aliphatic carbocycles. The van der Waals surface area contributed by atoms with Crippen molar-refractivity contribution in [3.05, 3.63) is 138 Å². The molecule has 0 amide bonds. The molecule has 0 radical (unpaired) electrons. The van der Waals surface area contributed by atoms with E-state index in [1.165, 1.54) is 93.0 Å². The van der Waals surface area contributed by atoms with Gasteiger partial charge in [0.25, 0.3) is 0 Å².